The van der Waals surface area contributed by atoms with Gasteiger partial charge in [0.2, 0.25) is 5.91 Å². The van der Waals surface area contributed by atoms with E-state index >= 15 is 0 Å². The van der Waals surface area contributed by atoms with Crippen LogP contribution in [0.1, 0.15) is 36.0 Å². The normalized spacial score (nSPS) is 16.2. The number of benzene rings is 1. The van der Waals surface area contributed by atoms with E-state index in [2.05, 4.69) is 15.5 Å². The number of aliphatic carboxylic acids is 2. The molecule has 188 valence electrons. The van der Waals surface area contributed by atoms with Crippen molar-refractivity contribution in [3.8, 4) is 0 Å². The Labute approximate surface area is 199 Å². The van der Waals surface area contributed by atoms with Crippen LogP contribution in [0.25, 0.3) is 0 Å². The minimum absolute atomic E-state index is 0.0681. The molecule has 11 heteroatoms. The second-order valence-corrected chi connectivity index (χ2v) is 8.07. The van der Waals surface area contributed by atoms with Crippen LogP contribution in [-0.2, 0) is 19.1 Å². The molecule has 1 aromatic carbocycles. The smallest absolute Gasteiger partial charge is 0.414 e. The van der Waals surface area contributed by atoms with Crippen molar-refractivity contribution in [1.29, 1.82) is 0 Å². The van der Waals surface area contributed by atoms with E-state index in [0.29, 0.717) is 5.56 Å². The third-order valence-electron chi connectivity index (χ3n) is 5.46. The number of carbonyl (C=O) groups excluding carboxylic acids is 2. The summed E-state index contributed by atoms with van der Waals surface area (Å²) in [6, 6.07) is 7.19. The quantitative estimate of drug-likeness (QED) is 0.313. The fraction of sp³-hybridized carbons (Fsp3) is 0.565. The van der Waals surface area contributed by atoms with Gasteiger partial charge in [0, 0.05) is 37.4 Å². The Morgan fingerprint density at radius 2 is 1.50 bits per heavy atom. The van der Waals surface area contributed by atoms with E-state index in [9.17, 15) is 9.59 Å². The molecule has 0 aliphatic carbocycles. The lowest BCUT2D eigenvalue weighted by Crippen LogP contribution is -2.38. The van der Waals surface area contributed by atoms with Gasteiger partial charge in [-0.05, 0) is 63.0 Å². The highest BCUT2D eigenvalue weighted by Gasteiger charge is 2.18. The number of amides is 2. The summed E-state index contributed by atoms with van der Waals surface area (Å²) in [7, 11) is 0. The molecular formula is C23H34N4O7. The standard InChI is InChI=1S/C21H32N4O3.C2H2O4/c26-20(17-22-9-4-10-24-13-15-28-16-14-24)23-19-7-5-18(6-8-19)21(27)25-11-2-1-3-12-25;3-1(4)2(5)6/h5-8,22H,1-4,9-17H2,(H,23,26);(H,3,4)(H,5,6). The van der Waals surface area contributed by atoms with E-state index in [-0.39, 0.29) is 18.4 Å². The Kier molecular flexibility index (Phi) is 12.0. The average molecular weight is 479 g/mol. The van der Waals surface area contributed by atoms with Gasteiger partial charge in [-0.25, -0.2) is 9.59 Å². The van der Waals surface area contributed by atoms with Crippen molar-refractivity contribution in [2.24, 2.45) is 0 Å². The van der Waals surface area contributed by atoms with Gasteiger partial charge in [0.05, 0.1) is 19.8 Å². The average Bonchev–Trinajstić information content (AvgIpc) is 2.85. The van der Waals surface area contributed by atoms with Crippen LogP contribution in [0.15, 0.2) is 24.3 Å². The maximum absolute atomic E-state index is 12.5. The summed E-state index contributed by atoms with van der Waals surface area (Å²) in [5.74, 6) is -3.63. The molecule has 3 rings (SSSR count). The second-order valence-electron chi connectivity index (χ2n) is 8.07. The summed E-state index contributed by atoms with van der Waals surface area (Å²) in [5.41, 5.74) is 1.40. The van der Waals surface area contributed by atoms with Gasteiger partial charge < -0.3 is 30.5 Å². The first-order chi connectivity index (χ1) is 16.4. The van der Waals surface area contributed by atoms with Crippen LogP contribution in [0, 0.1) is 0 Å². The number of carbonyl (C=O) groups is 4. The SMILES string of the molecule is O=C(CNCCCN1CCOCC1)Nc1ccc(C(=O)N2CCCCC2)cc1.O=C(O)C(=O)O. The third kappa shape index (κ3) is 10.3. The topological polar surface area (TPSA) is 149 Å². The number of carboxylic acids is 2. The fourth-order valence-corrected chi connectivity index (χ4v) is 3.64. The minimum Gasteiger partial charge on any atom is -0.473 e. The highest BCUT2D eigenvalue weighted by Crippen LogP contribution is 2.15. The number of rotatable bonds is 8. The largest absolute Gasteiger partial charge is 0.473 e. The van der Waals surface area contributed by atoms with Crippen molar-refractivity contribution < 1.29 is 34.1 Å². The zero-order chi connectivity index (χ0) is 24.8. The zero-order valence-electron chi connectivity index (χ0n) is 19.3. The van der Waals surface area contributed by atoms with Crippen molar-refractivity contribution in [2.75, 3.05) is 64.3 Å². The van der Waals surface area contributed by atoms with Crippen LogP contribution in [0.4, 0.5) is 5.69 Å². The van der Waals surface area contributed by atoms with Crippen molar-refractivity contribution in [3.05, 3.63) is 29.8 Å². The van der Waals surface area contributed by atoms with Crippen molar-refractivity contribution in [2.45, 2.75) is 25.7 Å². The number of morpholine rings is 1. The first kappa shape index (κ1) is 27.2. The summed E-state index contributed by atoms with van der Waals surface area (Å²) < 4.78 is 5.34. The molecule has 0 bridgehead atoms. The monoisotopic (exact) mass is 478 g/mol. The molecule has 0 atom stereocenters. The maximum Gasteiger partial charge on any atom is 0.414 e. The lowest BCUT2D eigenvalue weighted by molar-refractivity contribution is -0.159. The van der Waals surface area contributed by atoms with E-state index in [0.717, 1.165) is 77.4 Å². The molecule has 2 heterocycles. The van der Waals surface area contributed by atoms with Crippen LogP contribution in [-0.4, -0.2) is 103 Å². The molecule has 0 spiro atoms. The Bertz CT molecular complexity index is 792. The van der Waals surface area contributed by atoms with Crippen molar-refractivity contribution in [1.82, 2.24) is 15.1 Å². The van der Waals surface area contributed by atoms with Crippen LogP contribution in [0.5, 0.6) is 0 Å². The van der Waals surface area contributed by atoms with E-state index in [1.54, 1.807) is 24.3 Å². The molecule has 0 radical (unpaired) electrons. The molecule has 2 fully saturated rings. The van der Waals surface area contributed by atoms with Gasteiger partial charge in [-0.2, -0.15) is 0 Å². The zero-order valence-corrected chi connectivity index (χ0v) is 19.3. The number of anilines is 1. The molecule has 2 aliphatic rings. The van der Waals surface area contributed by atoms with Gasteiger partial charge >= 0.3 is 11.9 Å². The predicted molar refractivity (Wildman–Crippen MR) is 125 cm³/mol. The van der Waals surface area contributed by atoms with Gasteiger partial charge in [-0.3, -0.25) is 14.5 Å². The predicted octanol–water partition coefficient (Wildman–Crippen LogP) is 0.719. The molecule has 0 unspecified atom stereocenters. The number of piperidine rings is 1. The third-order valence-corrected chi connectivity index (χ3v) is 5.46. The molecule has 0 aromatic heterocycles. The number of likely N-dealkylation sites (tertiary alicyclic amines) is 1. The van der Waals surface area contributed by atoms with E-state index in [1.165, 1.54) is 6.42 Å². The van der Waals surface area contributed by atoms with Gasteiger partial charge in [-0.1, -0.05) is 0 Å². The number of ether oxygens (including phenoxy) is 1. The van der Waals surface area contributed by atoms with Crippen LogP contribution in [0.3, 0.4) is 0 Å². The second kappa shape index (κ2) is 15.0. The summed E-state index contributed by atoms with van der Waals surface area (Å²) in [4.78, 5) is 47.0. The number of carboxylic acid groups (broad SMARTS) is 2. The summed E-state index contributed by atoms with van der Waals surface area (Å²) in [5, 5.41) is 20.8. The van der Waals surface area contributed by atoms with Crippen LogP contribution in [0.2, 0.25) is 0 Å². The Balaban J connectivity index is 0.000000604. The van der Waals surface area contributed by atoms with Gasteiger partial charge in [0.15, 0.2) is 0 Å². The molecule has 2 amide bonds. The molecule has 4 N–H and O–H groups in total. The van der Waals surface area contributed by atoms with E-state index in [1.807, 2.05) is 4.90 Å². The number of hydrogen-bond donors (Lipinski definition) is 4. The first-order valence-electron chi connectivity index (χ1n) is 11.5. The first-order valence-corrected chi connectivity index (χ1v) is 11.5. The van der Waals surface area contributed by atoms with Gasteiger partial charge in [0.1, 0.15) is 0 Å². The number of hydrogen-bond acceptors (Lipinski definition) is 7. The minimum atomic E-state index is -1.82. The molecular weight excluding hydrogens is 444 g/mol. The summed E-state index contributed by atoms with van der Waals surface area (Å²) in [6.45, 7) is 7.45. The van der Waals surface area contributed by atoms with E-state index in [4.69, 9.17) is 24.5 Å². The summed E-state index contributed by atoms with van der Waals surface area (Å²) in [6.07, 6.45) is 4.38. The number of nitrogens with zero attached hydrogens (tertiary/aromatic N) is 2. The summed E-state index contributed by atoms with van der Waals surface area (Å²) >= 11 is 0. The van der Waals surface area contributed by atoms with Crippen LogP contribution >= 0.6 is 0 Å². The Morgan fingerprint density at radius 3 is 2.09 bits per heavy atom. The number of nitrogens with one attached hydrogen (secondary N) is 2. The van der Waals surface area contributed by atoms with E-state index < -0.39 is 11.9 Å². The van der Waals surface area contributed by atoms with Gasteiger partial charge in [-0.15, -0.1) is 0 Å². The van der Waals surface area contributed by atoms with Crippen molar-refractivity contribution >= 4 is 29.4 Å². The van der Waals surface area contributed by atoms with Crippen molar-refractivity contribution in [3.63, 3.8) is 0 Å². The van der Waals surface area contributed by atoms with Crippen LogP contribution < -0.4 is 10.6 Å². The lowest BCUT2D eigenvalue weighted by Gasteiger charge is -2.26. The molecule has 0 saturated carbocycles. The fourth-order valence-electron chi connectivity index (χ4n) is 3.64. The lowest BCUT2D eigenvalue weighted by atomic mass is 10.1. The Morgan fingerprint density at radius 1 is 0.882 bits per heavy atom. The molecule has 1 aromatic rings. The maximum atomic E-state index is 12.5. The van der Waals surface area contributed by atoms with Gasteiger partial charge in [0.25, 0.3) is 5.91 Å². The molecule has 2 saturated heterocycles. The highest BCUT2D eigenvalue weighted by atomic mass is 16.5. The molecule has 34 heavy (non-hydrogen) atoms. The highest BCUT2D eigenvalue weighted by molar-refractivity contribution is 6.27. The Hall–Kier alpha value is -3.02. The molecule has 2 aliphatic heterocycles. The molecule has 11 nitrogen and oxygen atoms in total.